The fourth-order valence-corrected chi connectivity index (χ4v) is 2.77. The molecular weight excluding hydrogens is 308 g/mol. The van der Waals surface area contributed by atoms with Gasteiger partial charge in [-0.2, -0.15) is 0 Å². The highest BCUT2D eigenvalue weighted by atomic mass is 35.5. The Morgan fingerprint density at radius 3 is 2.48 bits per heavy atom. The van der Waals surface area contributed by atoms with Gasteiger partial charge >= 0.3 is 5.97 Å². The number of carboxylic acid groups (broad SMARTS) is 1. The molecule has 124 valence electrons. The van der Waals surface area contributed by atoms with Crippen LogP contribution in [-0.2, 0) is 11.2 Å². The van der Waals surface area contributed by atoms with Gasteiger partial charge in [-0.1, -0.05) is 41.5 Å². The van der Waals surface area contributed by atoms with Gasteiger partial charge in [0.2, 0.25) is 0 Å². The number of aryl methyl sites for hydroxylation is 2. The van der Waals surface area contributed by atoms with Crippen molar-refractivity contribution in [2.45, 2.75) is 47.5 Å². The van der Waals surface area contributed by atoms with Crippen molar-refractivity contribution in [2.24, 2.45) is 0 Å². The van der Waals surface area contributed by atoms with E-state index < -0.39 is 5.97 Å². The van der Waals surface area contributed by atoms with Gasteiger partial charge in [0.15, 0.2) is 0 Å². The minimum absolute atomic E-state index is 0.721. The lowest BCUT2D eigenvalue weighted by Crippen LogP contribution is -1.97. The van der Waals surface area contributed by atoms with Gasteiger partial charge in [-0.05, 0) is 75.3 Å². The van der Waals surface area contributed by atoms with Crippen LogP contribution in [-0.4, -0.2) is 11.1 Å². The number of allylic oxidation sites excluding steroid dienone is 5. The van der Waals surface area contributed by atoms with Gasteiger partial charge < -0.3 is 5.11 Å². The van der Waals surface area contributed by atoms with Crippen molar-refractivity contribution in [3.8, 4) is 0 Å². The third kappa shape index (κ3) is 6.07. The van der Waals surface area contributed by atoms with Crippen LogP contribution in [0, 0.1) is 20.8 Å². The zero-order valence-electron chi connectivity index (χ0n) is 14.5. The molecule has 0 aliphatic heterocycles. The van der Waals surface area contributed by atoms with Crippen LogP contribution in [0.4, 0.5) is 0 Å². The topological polar surface area (TPSA) is 37.3 Å². The number of carboxylic acids is 1. The van der Waals surface area contributed by atoms with Crippen LogP contribution in [0.1, 0.15) is 42.5 Å². The second-order valence-corrected chi connectivity index (χ2v) is 6.40. The molecule has 1 rings (SSSR count). The van der Waals surface area contributed by atoms with Crippen LogP contribution in [0.2, 0.25) is 5.02 Å². The highest BCUT2D eigenvalue weighted by Crippen LogP contribution is 2.28. The van der Waals surface area contributed by atoms with E-state index in [0.29, 0.717) is 0 Å². The maximum atomic E-state index is 10.5. The molecule has 0 unspecified atom stereocenters. The van der Waals surface area contributed by atoms with Crippen molar-refractivity contribution >= 4 is 17.6 Å². The van der Waals surface area contributed by atoms with Crippen molar-refractivity contribution in [3.05, 3.63) is 68.8 Å². The van der Waals surface area contributed by atoms with Crippen molar-refractivity contribution in [1.82, 2.24) is 0 Å². The van der Waals surface area contributed by atoms with Gasteiger partial charge in [0.05, 0.1) is 0 Å². The number of hydrogen-bond acceptors (Lipinski definition) is 1. The van der Waals surface area contributed by atoms with Gasteiger partial charge in [0.25, 0.3) is 0 Å². The summed E-state index contributed by atoms with van der Waals surface area (Å²) in [4.78, 5) is 10.5. The summed E-state index contributed by atoms with van der Waals surface area (Å²) in [6, 6.07) is 2.14. The molecule has 1 aromatic carbocycles. The third-order valence-electron chi connectivity index (χ3n) is 3.90. The smallest absolute Gasteiger partial charge is 0.328 e. The number of aliphatic carboxylic acids is 1. The van der Waals surface area contributed by atoms with Gasteiger partial charge in [-0.15, -0.1) is 0 Å². The highest BCUT2D eigenvalue weighted by molar-refractivity contribution is 6.32. The minimum atomic E-state index is -0.921. The summed E-state index contributed by atoms with van der Waals surface area (Å²) in [5.41, 5.74) is 6.87. The molecule has 0 spiro atoms. The van der Waals surface area contributed by atoms with Gasteiger partial charge in [0.1, 0.15) is 0 Å². The maximum absolute atomic E-state index is 10.5. The molecule has 0 bridgehead atoms. The number of rotatable bonds is 6. The second kappa shape index (κ2) is 8.73. The predicted octanol–water partition coefficient (Wildman–Crippen LogP) is 5.73. The molecule has 0 atom stereocenters. The predicted molar refractivity (Wildman–Crippen MR) is 98.3 cm³/mol. The summed E-state index contributed by atoms with van der Waals surface area (Å²) >= 11 is 6.35. The van der Waals surface area contributed by atoms with Crippen LogP contribution in [0.3, 0.4) is 0 Å². The largest absolute Gasteiger partial charge is 0.478 e. The minimum Gasteiger partial charge on any atom is -0.478 e. The van der Waals surface area contributed by atoms with Crippen LogP contribution in [0.25, 0.3) is 0 Å². The van der Waals surface area contributed by atoms with Gasteiger partial charge in [-0.25, -0.2) is 4.79 Å². The second-order valence-electron chi connectivity index (χ2n) is 6.03. The molecule has 23 heavy (non-hydrogen) atoms. The number of halogens is 1. The Kier molecular flexibility index (Phi) is 7.31. The number of benzene rings is 1. The Bertz CT molecular complexity index is 679. The summed E-state index contributed by atoms with van der Waals surface area (Å²) in [5.74, 6) is -0.921. The average molecular weight is 333 g/mol. The molecule has 2 nitrogen and oxygen atoms in total. The normalized spacial score (nSPS) is 13.0. The lowest BCUT2D eigenvalue weighted by atomic mass is 9.94. The first kappa shape index (κ1) is 19.2. The van der Waals surface area contributed by atoms with Crippen molar-refractivity contribution in [2.75, 3.05) is 0 Å². The SMILES string of the molecule is CC(/C=C/C=C(\C)CCc1c(C)cc(C)c(Cl)c1C)=C\C(=O)O. The summed E-state index contributed by atoms with van der Waals surface area (Å²) in [6.45, 7) is 10.1. The van der Waals surface area contributed by atoms with Crippen molar-refractivity contribution < 1.29 is 9.90 Å². The Morgan fingerprint density at radius 1 is 1.22 bits per heavy atom. The van der Waals surface area contributed by atoms with E-state index in [1.807, 2.05) is 19.1 Å². The molecule has 0 saturated carbocycles. The van der Waals surface area contributed by atoms with E-state index in [1.54, 1.807) is 13.0 Å². The number of hydrogen-bond donors (Lipinski definition) is 1. The van der Waals surface area contributed by atoms with E-state index >= 15 is 0 Å². The van der Waals surface area contributed by atoms with E-state index in [1.165, 1.54) is 28.3 Å². The van der Waals surface area contributed by atoms with E-state index in [9.17, 15) is 4.79 Å². The molecule has 0 amide bonds. The monoisotopic (exact) mass is 332 g/mol. The fraction of sp³-hybridized carbons (Fsp3) is 0.350. The molecule has 1 N–H and O–H groups in total. The number of carbonyl (C=O) groups is 1. The standard InChI is InChI=1S/C20H25ClO2/c1-13(7-6-8-14(2)11-19(22)23)9-10-18-15(3)12-16(4)20(21)17(18)5/h6-8,11-12H,9-10H2,1-5H3,(H,22,23)/b8-6+,13-7+,14-11+. The van der Waals surface area contributed by atoms with Gasteiger partial charge in [0, 0.05) is 11.1 Å². The van der Waals surface area contributed by atoms with E-state index in [4.69, 9.17) is 16.7 Å². The van der Waals surface area contributed by atoms with Crippen LogP contribution < -0.4 is 0 Å². The van der Waals surface area contributed by atoms with E-state index in [-0.39, 0.29) is 0 Å². The lowest BCUT2D eigenvalue weighted by Gasteiger charge is -2.14. The van der Waals surface area contributed by atoms with Crippen LogP contribution >= 0.6 is 11.6 Å². The molecule has 0 fully saturated rings. The Morgan fingerprint density at radius 2 is 1.87 bits per heavy atom. The molecule has 0 aromatic heterocycles. The summed E-state index contributed by atoms with van der Waals surface area (Å²) < 4.78 is 0. The zero-order valence-corrected chi connectivity index (χ0v) is 15.3. The van der Waals surface area contributed by atoms with Crippen LogP contribution in [0.5, 0.6) is 0 Å². The molecule has 0 saturated heterocycles. The molecular formula is C20H25ClO2. The van der Waals surface area contributed by atoms with Crippen molar-refractivity contribution in [1.29, 1.82) is 0 Å². The first-order valence-corrected chi connectivity index (χ1v) is 8.10. The summed E-state index contributed by atoms with van der Waals surface area (Å²) in [6.07, 6.45) is 8.83. The quantitative estimate of drug-likeness (QED) is 0.533. The van der Waals surface area contributed by atoms with E-state index in [2.05, 4.69) is 26.8 Å². The van der Waals surface area contributed by atoms with Gasteiger partial charge in [-0.3, -0.25) is 0 Å². The summed E-state index contributed by atoms with van der Waals surface area (Å²) in [5, 5.41) is 9.52. The van der Waals surface area contributed by atoms with Crippen molar-refractivity contribution in [3.63, 3.8) is 0 Å². The fourth-order valence-electron chi connectivity index (χ4n) is 2.60. The third-order valence-corrected chi connectivity index (χ3v) is 4.48. The maximum Gasteiger partial charge on any atom is 0.328 e. The Hall–Kier alpha value is -1.80. The molecule has 0 radical (unpaired) electrons. The first-order valence-electron chi connectivity index (χ1n) is 7.72. The molecule has 0 aliphatic carbocycles. The highest BCUT2D eigenvalue weighted by Gasteiger charge is 2.09. The molecule has 0 aliphatic rings. The summed E-state index contributed by atoms with van der Waals surface area (Å²) in [7, 11) is 0. The molecule has 3 heteroatoms. The molecule has 1 aromatic rings. The van der Waals surface area contributed by atoms with Crippen LogP contribution in [0.15, 0.2) is 41.5 Å². The lowest BCUT2D eigenvalue weighted by molar-refractivity contribution is -0.131. The molecule has 0 heterocycles. The average Bonchev–Trinajstić information content (AvgIpc) is 2.44. The Labute approximate surface area is 144 Å². The van der Waals surface area contributed by atoms with E-state index in [0.717, 1.165) is 29.0 Å². The zero-order chi connectivity index (χ0) is 17.6. The Balaban J connectivity index is 2.76. The first-order chi connectivity index (χ1) is 10.7.